The molecule has 6 rings (SSSR count). The summed E-state index contributed by atoms with van der Waals surface area (Å²) in [5.41, 5.74) is -0.734. The number of carbonyl (C=O) groups excluding carboxylic acids is 2. The van der Waals surface area contributed by atoms with Gasteiger partial charge in [-0.2, -0.15) is 0 Å². The molecule has 0 aromatic rings. The maximum atomic E-state index is 14.0. The summed E-state index contributed by atoms with van der Waals surface area (Å²) in [5, 5.41) is 11.5. The lowest BCUT2D eigenvalue weighted by atomic mass is 9.39. The number of hydrogen-bond acceptors (Lipinski definition) is 6. The van der Waals surface area contributed by atoms with Crippen molar-refractivity contribution in [2.75, 3.05) is 13.2 Å². The minimum Gasteiger partial charge on any atom is -0.508 e. The molecule has 6 aliphatic rings. The third-order valence-electron chi connectivity index (χ3n) is 9.21. The normalized spacial score (nSPS) is 43.0. The minimum atomic E-state index is -1.53. The molecule has 4 saturated carbocycles. The number of rotatable bonds is 5. The van der Waals surface area contributed by atoms with E-state index in [4.69, 9.17) is 9.47 Å². The summed E-state index contributed by atoms with van der Waals surface area (Å²) in [7, 11) is 0. The number of fused-ring (bicyclic) bond motifs is 1. The molecule has 5 fully saturated rings. The number of nitrogens with zero attached hydrogens (tertiary/aromatic N) is 1. The van der Waals surface area contributed by atoms with Crippen molar-refractivity contribution in [1.29, 1.82) is 0 Å². The van der Waals surface area contributed by atoms with E-state index in [2.05, 4.69) is 20.4 Å². The van der Waals surface area contributed by atoms with Crippen molar-refractivity contribution < 1.29 is 24.2 Å². The van der Waals surface area contributed by atoms with E-state index in [9.17, 15) is 14.7 Å². The first-order valence-corrected chi connectivity index (χ1v) is 12.9. The number of aliphatic hydroxyl groups excluding tert-OH is 1. The predicted octanol–water partition coefficient (Wildman–Crippen LogP) is 5.29. The van der Waals surface area contributed by atoms with Crippen LogP contribution >= 0.6 is 0 Å². The maximum absolute atomic E-state index is 14.0. The zero-order chi connectivity index (χ0) is 24.9. The molecule has 2 unspecified atom stereocenters. The molecule has 0 spiro atoms. The molecule has 188 valence electrons. The van der Waals surface area contributed by atoms with Crippen molar-refractivity contribution in [3.8, 4) is 0 Å². The van der Waals surface area contributed by atoms with Crippen LogP contribution in [0.15, 0.2) is 23.6 Å². The van der Waals surface area contributed by atoms with Gasteiger partial charge in [0.1, 0.15) is 12.0 Å². The molecule has 2 heterocycles. The number of ketones is 1. The highest BCUT2D eigenvalue weighted by atomic mass is 16.6. The molecular formula is C28H41NO5. The van der Waals surface area contributed by atoms with E-state index >= 15 is 0 Å². The molecule has 6 heteroatoms. The standard InChI is InChI=1S/C28H41NO5/c1-8-33-23(32)28-16-34-22(24(3,4)5)29(28)17(2)20(21(28)31)19(30)12-27-11-18-9-25(6,14-27)13-26(7,10-18)15-27/h18,22,31H,2,8-16H2,1,3-7H3/t18?,22-,25?,26?,27?,28-/m1/s1. The average molecular weight is 472 g/mol. The summed E-state index contributed by atoms with van der Waals surface area (Å²) >= 11 is 0. The lowest BCUT2D eigenvalue weighted by Crippen LogP contribution is -2.55. The van der Waals surface area contributed by atoms with E-state index in [-0.39, 0.29) is 41.2 Å². The van der Waals surface area contributed by atoms with Gasteiger partial charge in [-0.1, -0.05) is 41.2 Å². The predicted molar refractivity (Wildman–Crippen MR) is 129 cm³/mol. The molecule has 0 aromatic heterocycles. The van der Waals surface area contributed by atoms with Crippen LogP contribution in [0.1, 0.15) is 86.5 Å². The van der Waals surface area contributed by atoms with Crippen LogP contribution in [0.2, 0.25) is 0 Å². The van der Waals surface area contributed by atoms with E-state index in [1.165, 1.54) is 19.3 Å². The molecular weight excluding hydrogens is 430 g/mol. The van der Waals surface area contributed by atoms with Gasteiger partial charge in [0.15, 0.2) is 5.78 Å². The summed E-state index contributed by atoms with van der Waals surface area (Å²) in [6.07, 6.45) is 6.91. The Morgan fingerprint density at radius 3 is 2.29 bits per heavy atom. The Morgan fingerprint density at radius 1 is 1.15 bits per heavy atom. The molecule has 4 aliphatic carbocycles. The van der Waals surface area contributed by atoms with Gasteiger partial charge in [-0.15, -0.1) is 0 Å². The molecule has 34 heavy (non-hydrogen) atoms. The smallest absolute Gasteiger partial charge is 0.342 e. The highest BCUT2D eigenvalue weighted by molar-refractivity contribution is 6.04. The van der Waals surface area contributed by atoms with Crippen LogP contribution in [-0.2, 0) is 19.1 Å². The van der Waals surface area contributed by atoms with Crippen LogP contribution in [0.4, 0.5) is 0 Å². The van der Waals surface area contributed by atoms with Gasteiger partial charge in [0.2, 0.25) is 5.54 Å². The highest BCUT2D eigenvalue weighted by Gasteiger charge is 2.66. The summed E-state index contributed by atoms with van der Waals surface area (Å²) in [4.78, 5) is 28.9. The zero-order valence-corrected chi connectivity index (χ0v) is 21.8. The Balaban J connectivity index is 1.51. The van der Waals surface area contributed by atoms with Crippen molar-refractivity contribution in [3.63, 3.8) is 0 Å². The Kier molecular flexibility index (Phi) is 5.00. The van der Waals surface area contributed by atoms with Gasteiger partial charge in [-0.05, 0) is 67.6 Å². The second-order valence-corrected chi connectivity index (χ2v) is 13.9. The first-order chi connectivity index (χ1) is 15.7. The highest BCUT2D eigenvalue weighted by Crippen LogP contribution is 2.70. The van der Waals surface area contributed by atoms with Crippen molar-refractivity contribution in [3.05, 3.63) is 23.6 Å². The summed E-state index contributed by atoms with van der Waals surface area (Å²) in [6, 6.07) is 0. The fraction of sp³-hybridized carbons (Fsp3) is 0.786. The third kappa shape index (κ3) is 3.23. The Labute approximate surface area is 203 Å². The number of aliphatic hydroxyl groups is 1. The maximum Gasteiger partial charge on any atom is 0.342 e. The monoisotopic (exact) mass is 471 g/mol. The zero-order valence-electron chi connectivity index (χ0n) is 21.8. The molecule has 1 N–H and O–H groups in total. The molecule has 2 aliphatic heterocycles. The van der Waals surface area contributed by atoms with Crippen LogP contribution in [0.3, 0.4) is 0 Å². The largest absolute Gasteiger partial charge is 0.508 e. The SMILES string of the molecule is C=C1C(C(=O)CC23CC4CC(C)(CC(C)(C4)C2)C3)=C(O)[C@@]2(C(=O)OCC)CO[C@H](C(C)(C)C)N12. The van der Waals surface area contributed by atoms with Gasteiger partial charge in [0, 0.05) is 17.5 Å². The van der Waals surface area contributed by atoms with Gasteiger partial charge in [-0.3, -0.25) is 4.79 Å². The number of ether oxygens (including phenoxy) is 2. The fourth-order valence-electron chi connectivity index (χ4n) is 9.31. The molecule has 6 nitrogen and oxygen atoms in total. The van der Waals surface area contributed by atoms with Gasteiger partial charge in [-0.25, -0.2) is 4.79 Å². The van der Waals surface area contributed by atoms with E-state index in [0.29, 0.717) is 28.9 Å². The second kappa shape index (κ2) is 7.11. The lowest BCUT2D eigenvalue weighted by molar-refractivity contribution is -0.154. The summed E-state index contributed by atoms with van der Waals surface area (Å²) in [6.45, 7) is 16.9. The summed E-state index contributed by atoms with van der Waals surface area (Å²) in [5.74, 6) is -0.239. The number of esters is 1. The van der Waals surface area contributed by atoms with Crippen molar-refractivity contribution in [2.24, 2.45) is 27.6 Å². The van der Waals surface area contributed by atoms with Gasteiger partial charge >= 0.3 is 5.97 Å². The molecule has 1 saturated heterocycles. The van der Waals surface area contributed by atoms with Crippen LogP contribution in [-0.4, -0.2) is 46.7 Å². The molecule has 0 aromatic carbocycles. The van der Waals surface area contributed by atoms with E-state index in [1.54, 1.807) is 11.8 Å². The second-order valence-electron chi connectivity index (χ2n) is 13.9. The van der Waals surface area contributed by atoms with E-state index in [0.717, 1.165) is 19.3 Å². The number of Topliss-reactive ketones (excluding diaryl/α,β-unsaturated/α-hetero) is 1. The van der Waals surface area contributed by atoms with Crippen molar-refractivity contribution >= 4 is 11.8 Å². The van der Waals surface area contributed by atoms with Crippen molar-refractivity contribution in [2.45, 2.75) is 98.3 Å². The van der Waals surface area contributed by atoms with Crippen LogP contribution in [0, 0.1) is 27.6 Å². The first kappa shape index (κ1) is 23.9. The lowest BCUT2D eigenvalue weighted by Gasteiger charge is -2.65. The topological polar surface area (TPSA) is 76.1 Å². The van der Waals surface area contributed by atoms with Gasteiger partial charge in [0.05, 0.1) is 18.8 Å². The minimum absolute atomic E-state index is 0.0301. The number of carbonyl (C=O) groups is 2. The average Bonchev–Trinajstić information content (AvgIpc) is 3.15. The fourth-order valence-corrected chi connectivity index (χ4v) is 9.31. The van der Waals surface area contributed by atoms with Crippen LogP contribution < -0.4 is 0 Å². The van der Waals surface area contributed by atoms with Gasteiger partial charge < -0.3 is 19.5 Å². The van der Waals surface area contributed by atoms with Crippen LogP contribution in [0.25, 0.3) is 0 Å². The first-order valence-electron chi connectivity index (χ1n) is 12.9. The Bertz CT molecular complexity index is 971. The quantitative estimate of drug-likeness (QED) is 0.549. The van der Waals surface area contributed by atoms with E-state index < -0.39 is 17.7 Å². The van der Waals surface area contributed by atoms with E-state index in [1.807, 2.05) is 20.8 Å². The molecule has 4 atom stereocenters. The van der Waals surface area contributed by atoms with Crippen LogP contribution in [0.5, 0.6) is 0 Å². The molecule has 0 radical (unpaired) electrons. The molecule has 0 amide bonds. The summed E-state index contributed by atoms with van der Waals surface area (Å²) < 4.78 is 11.4. The van der Waals surface area contributed by atoms with Crippen molar-refractivity contribution in [1.82, 2.24) is 4.90 Å². The Morgan fingerprint density at radius 2 is 1.76 bits per heavy atom. The Hall–Kier alpha value is -1.82. The van der Waals surface area contributed by atoms with Gasteiger partial charge in [0.25, 0.3) is 0 Å². The molecule has 4 bridgehead atoms. The number of allylic oxidation sites excluding steroid dienone is 1. The number of hydrogen-bond donors (Lipinski definition) is 1. The third-order valence-corrected chi connectivity index (χ3v) is 9.21.